The molecule has 0 aromatic heterocycles. The fraction of sp³-hybridized carbons (Fsp3) is 0.764. The highest BCUT2D eigenvalue weighted by atomic mass is 16.7. The molecule has 0 aliphatic carbocycles. The first-order valence-corrected chi connectivity index (χ1v) is 26.7. The molecular formula is C55H95NO13. The molecule has 0 spiro atoms. The first kappa shape index (κ1) is 62.5. The summed E-state index contributed by atoms with van der Waals surface area (Å²) in [5.41, 5.74) is 0. The molecule has 14 heteroatoms. The van der Waals surface area contributed by atoms with E-state index in [0.717, 1.165) is 83.5 Å². The third-order valence-corrected chi connectivity index (χ3v) is 12.6. The Hall–Kier alpha value is -2.57. The minimum atomic E-state index is -1.80. The SMILES string of the molecule is CC/C=C\C/C=C\C/C=C\CCCCCCCCCC(=O)NC(COC1OC(CO)C(OC2OC(CO)C(O)C(O)C2O)C(O)C1O)C(O)/C=C/CC/C=C/CC/C=C/CCCCCCCCCC. The number of unbranched alkanes of at least 4 members (excludes halogenated alkanes) is 17. The summed E-state index contributed by atoms with van der Waals surface area (Å²) in [5, 5.41) is 86.8. The second kappa shape index (κ2) is 41.0. The third kappa shape index (κ3) is 27.7. The normalized spacial score (nSPS) is 26.8. The predicted molar refractivity (Wildman–Crippen MR) is 272 cm³/mol. The van der Waals surface area contributed by atoms with E-state index in [-0.39, 0.29) is 18.9 Å². The van der Waals surface area contributed by atoms with E-state index < -0.39 is 86.8 Å². The van der Waals surface area contributed by atoms with Gasteiger partial charge in [0.25, 0.3) is 0 Å². The van der Waals surface area contributed by atoms with Crippen LogP contribution in [0.25, 0.3) is 0 Å². The van der Waals surface area contributed by atoms with E-state index in [1.807, 2.05) is 6.08 Å². The molecule has 2 aliphatic rings. The average Bonchev–Trinajstić information content (AvgIpc) is 3.35. The summed E-state index contributed by atoms with van der Waals surface area (Å²) >= 11 is 0. The molecule has 2 fully saturated rings. The van der Waals surface area contributed by atoms with Gasteiger partial charge in [-0.25, -0.2) is 0 Å². The van der Waals surface area contributed by atoms with E-state index >= 15 is 0 Å². The number of carbonyl (C=O) groups excluding carboxylic acids is 1. The molecule has 12 atom stereocenters. The smallest absolute Gasteiger partial charge is 0.220 e. The van der Waals surface area contributed by atoms with Gasteiger partial charge in [0.05, 0.1) is 32.0 Å². The van der Waals surface area contributed by atoms with Crippen LogP contribution in [0, 0.1) is 0 Å². The van der Waals surface area contributed by atoms with E-state index in [1.54, 1.807) is 6.08 Å². The molecule has 398 valence electrons. The Balaban J connectivity index is 1.86. The second-order valence-electron chi connectivity index (χ2n) is 18.6. The molecule has 2 rings (SSSR count). The Kier molecular flexibility index (Phi) is 37.1. The number of hydrogen-bond donors (Lipinski definition) is 9. The zero-order valence-electron chi connectivity index (χ0n) is 42.3. The summed E-state index contributed by atoms with van der Waals surface area (Å²) in [6.07, 6.45) is 35.1. The van der Waals surface area contributed by atoms with Crippen LogP contribution in [0.5, 0.6) is 0 Å². The van der Waals surface area contributed by atoms with Gasteiger partial charge in [0.2, 0.25) is 5.91 Å². The molecule has 1 amide bonds. The van der Waals surface area contributed by atoms with Gasteiger partial charge in [-0.1, -0.05) is 164 Å². The van der Waals surface area contributed by atoms with Crippen molar-refractivity contribution < 1.29 is 64.6 Å². The van der Waals surface area contributed by atoms with E-state index in [0.29, 0.717) is 12.8 Å². The molecule has 12 unspecified atom stereocenters. The van der Waals surface area contributed by atoms with Crippen LogP contribution in [0.2, 0.25) is 0 Å². The first-order valence-electron chi connectivity index (χ1n) is 26.7. The minimum absolute atomic E-state index is 0.255. The topological polar surface area (TPSA) is 228 Å². The van der Waals surface area contributed by atoms with Gasteiger partial charge >= 0.3 is 0 Å². The van der Waals surface area contributed by atoms with Crippen LogP contribution in [0.15, 0.2) is 72.9 Å². The van der Waals surface area contributed by atoms with E-state index in [2.05, 4.69) is 79.9 Å². The molecule has 0 bridgehead atoms. The summed E-state index contributed by atoms with van der Waals surface area (Å²) < 4.78 is 22.7. The number of carbonyl (C=O) groups is 1. The molecule has 2 aliphatic heterocycles. The van der Waals surface area contributed by atoms with Gasteiger partial charge in [0.1, 0.15) is 48.8 Å². The quantitative estimate of drug-likeness (QED) is 0.0213. The van der Waals surface area contributed by atoms with Crippen molar-refractivity contribution in [3.63, 3.8) is 0 Å². The van der Waals surface area contributed by atoms with Crippen LogP contribution in [-0.4, -0.2) is 140 Å². The zero-order chi connectivity index (χ0) is 50.3. The maximum absolute atomic E-state index is 13.2. The van der Waals surface area contributed by atoms with Gasteiger partial charge in [-0.05, 0) is 77.0 Å². The molecule has 2 saturated heterocycles. The molecule has 14 nitrogen and oxygen atoms in total. The fourth-order valence-electron chi connectivity index (χ4n) is 8.28. The Bertz CT molecular complexity index is 1430. The predicted octanol–water partition coefficient (Wildman–Crippen LogP) is 7.60. The second-order valence-corrected chi connectivity index (χ2v) is 18.6. The van der Waals surface area contributed by atoms with Crippen molar-refractivity contribution >= 4 is 5.91 Å². The standard InChI is InChI=1S/C55H95NO13/c1-3-5-7-9-11-13-15-17-19-21-23-24-26-28-30-32-34-36-38-44(59)43(56-47(60)39-37-35-33-31-29-27-25-22-20-18-16-14-12-10-8-6-4-2)42-66-54-52(65)50(63)53(46(41-58)68-54)69-55-51(64)49(62)48(61)45(40-57)67-55/h6,8,12,14,18,20-21,23,28,30,36,38,43-46,48-55,57-59,61-65H,3-5,7,9-11,13,15-17,19,22,24-27,29,31-35,37,39-42H2,1-2H3,(H,56,60)/b8-6-,14-12-,20-18-,23-21+,30-28+,38-36+. The Morgan fingerprint density at radius 2 is 1.01 bits per heavy atom. The van der Waals surface area contributed by atoms with Crippen LogP contribution >= 0.6 is 0 Å². The third-order valence-electron chi connectivity index (χ3n) is 12.6. The van der Waals surface area contributed by atoms with Gasteiger partial charge in [-0.3, -0.25) is 4.79 Å². The maximum Gasteiger partial charge on any atom is 0.220 e. The molecule has 9 N–H and O–H groups in total. The number of hydrogen-bond acceptors (Lipinski definition) is 13. The summed E-state index contributed by atoms with van der Waals surface area (Å²) in [6.45, 7) is 2.63. The number of rotatable bonds is 40. The lowest BCUT2D eigenvalue weighted by Crippen LogP contribution is -2.65. The van der Waals surface area contributed by atoms with Crippen LogP contribution in [0.3, 0.4) is 0 Å². The van der Waals surface area contributed by atoms with Gasteiger partial charge in [-0.15, -0.1) is 0 Å². The van der Waals surface area contributed by atoms with Gasteiger partial charge < -0.3 is 65.1 Å². The van der Waals surface area contributed by atoms with Crippen LogP contribution in [0.1, 0.15) is 174 Å². The van der Waals surface area contributed by atoms with Crippen LogP contribution in [-0.2, 0) is 23.7 Å². The Labute approximate surface area is 415 Å². The van der Waals surface area contributed by atoms with E-state index in [1.165, 1.54) is 57.8 Å². The lowest BCUT2D eigenvalue weighted by Gasteiger charge is -2.46. The molecule has 69 heavy (non-hydrogen) atoms. The van der Waals surface area contributed by atoms with Crippen molar-refractivity contribution in [1.82, 2.24) is 5.32 Å². The van der Waals surface area contributed by atoms with Crippen molar-refractivity contribution in [2.45, 2.75) is 248 Å². The number of nitrogens with one attached hydrogen (secondary N) is 1. The number of amides is 1. The largest absolute Gasteiger partial charge is 0.394 e. The maximum atomic E-state index is 13.2. The lowest BCUT2D eigenvalue weighted by molar-refractivity contribution is -0.359. The zero-order valence-corrected chi connectivity index (χ0v) is 42.3. The highest BCUT2D eigenvalue weighted by Crippen LogP contribution is 2.30. The summed E-state index contributed by atoms with van der Waals surface area (Å²) in [5.74, 6) is -0.267. The van der Waals surface area contributed by atoms with Crippen LogP contribution < -0.4 is 5.32 Å². The summed E-state index contributed by atoms with van der Waals surface area (Å²) in [4.78, 5) is 13.2. The highest BCUT2D eigenvalue weighted by molar-refractivity contribution is 5.76. The summed E-state index contributed by atoms with van der Waals surface area (Å²) in [7, 11) is 0. The Morgan fingerprint density at radius 3 is 1.59 bits per heavy atom. The molecule has 0 aromatic rings. The molecular weight excluding hydrogens is 883 g/mol. The van der Waals surface area contributed by atoms with Gasteiger partial charge in [-0.2, -0.15) is 0 Å². The lowest BCUT2D eigenvalue weighted by atomic mass is 9.97. The molecule has 2 heterocycles. The fourth-order valence-corrected chi connectivity index (χ4v) is 8.28. The van der Waals surface area contributed by atoms with Crippen LogP contribution in [0.4, 0.5) is 0 Å². The summed E-state index contributed by atoms with van der Waals surface area (Å²) in [6, 6.07) is -0.946. The number of allylic oxidation sites excluding steroid dienone is 11. The molecule has 0 saturated carbocycles. The Morgan fingerprint density at radius 1 is 0.536 bits per heavy atom. The molecule has 0 radical (unpaired) electrons. The number of aliphatic hydroxyl groups excluding tert-OH is 8. The van der Waals surface area contributed by atoms with Crippen molar-refractivity contribution in [2.24, 2.45) is 0 Å². The van der Waals surface area contributed by atoms with Gasteiger partial charge in [0, 0.05) is 6.42 Å². The van der Waals surface area contributed by atoms with Crippen molar-refractivity contribution in [2.75, 3.05) is 19.8 Å². The van der Waals surface area contributed by atoms with Crippen molar-refractivity contribution in [3.8, 4) is 0 Å². The average molecular weight is 978 g/mol. The van der Waals surface area contributed by atoms with E-state index in [4.69, 9.17) is 18.9 Å². The molecule has 0 aromatic carbocycles. The van der Waals surface area contributed by atoms with Crippen molar-refractivity contribution in [3.05, 3.63) is 72.9 Å². The van der Waals surface area contributed by atoms with E-state index in [9.17, 15) is 45.6 Å². The monoisotopic (exact) mass is 978 g/mol. The number of ether oxygens (including phenoxy) is 4. The first-order chi connectivity index (χ1) is 33.6. The van der Waals surface area contributed by atoms with Crippen molar-refractivity contribution in [1.29, 1.82) is 0 Å². The highest BCUT2D eigenvalue weighted by Gasteiger charge is 2.51. The minimum Gasteiger partial charge on any atom is -0.394 e. The van der Waals surface area contributed by atoms with Gasteiger partial charge in [0.15, 0.2) is 12.6 Å². The number of aliphatic hydroxyl groups is 8.